The molecule has 16 heavy (non-hydrogen) atoms. The topological polar surface area (TPSA) is 60.4 Å². The van der Waals surface area contributed by atoms with Crippen molar-refractivity contribution in [3.8, 4) is 0 Å². The van der Waals surface area contributed by atoms with Gasteiger partial charge >= 0.3 is 12.1 Å². The predicted octanol–water partition coefficient (Wildman–Crippen LogP) is 1.28. The number of alkyl halides is 3. The molecule has 0 aliphatic carbocycles. The lowest BCUT2D eigenvalue weighted by molar-refractivity contribution is -0.181. The van der Waals surface area contributed by atoms with E-state index in [4.69, 9.17) is 0 Å². The maximum Gasteiger partial charge on any atom is 0.450 e. The van der Waals surface area contributed by atoms with Crippen molar-refractivity contribution in [3.63, 3.8) is 0 Å². The van der Waals surface area contributed by atoms with Gasteiger partial charge in [0, 0.05) is 6.42 Å². The molecule has 4 nitrogen and oxygen atoms in total. The smallest absolute Gasteiger partial charge is 0.450 e. The molecule has 0 aromatic heterocycles. The first-order valence-corrected chi connectivity index (χ1v) is 4.47. The second kappa shape index (κ2) is 5.62. The summed E-state index contributed by atoms with van der Waals surface area (Å²) in [5.41, 5.74) is 0. The zero-order valence-corrected chi connectivity index (χ0v) is 8.76. The van der Waals surface area contributed by atoms with E-state index in [1.165, 1.54) is 6.92 Å². The van der Waals surface area contributed by atoms with Crippen LogP contribution in [0.3, 0.4) is 0 Å². The van der Waals surface area contributed by atoms with Gasteiger partial charge in [0.05, 0.1) is 6.61 Å². The molecule has 92 valence electrons. The molecule has 0 saturated carbocycles. The number of rotatable bonds is 5. The van der Waals surface area contributed by atoms with E-state index in [1.807, 2.05) is 0 Å². The van der Waals surface area contributed by atoms with E-state index in [0.717, 1.165) is 6.92 Å². The summed E-state index contributed by atoms with van der Waals surface area (Å²) in [4.78, 5) is 32.6. The molecule has 0 fully saturated rings. The average molecular weight is 240 g/mol. The maximum atomic E-state index is 12.1. The zero-order chi connectivity index (χ0) is 12.9. The molecule has 0 N–H and O–H groups in total. The first-order chi connectivity index (χ1) is 7.20. The van der Waals surface area contributed by atoms with Gasteiger partial charge in [-0.15, -0.1) is 0 Å². The van der Waals surface area contributed by atoms with E-state index in [1.54, 1.807) is 0 Å². The fourth-order valence-corrected chi connectivity index (χ4v) is 1.01. The summed E-state index contributed by atoms with van der Waals surface area (Å²) in [5, 5.41) is 0. The molecular weight excluding hydrogens is 229 g/mol. The Balaban J connectivity index is 4.87. The molecule has 0 spiro atoms. The Morgan fingerprint density at radius 3 is 2.06 bits per heavy atom. The van der Waals surface area contributed by atoms with E-state index >= 15 is 0 Å². The first kappa shape index (κ1) is 14.6. The minimum absolute atomic E-state index is 0.154. The van der Waals surface area contributed by atoms with Crippen LogP contribution in [0, 0.1) is 5.92 Å². The van der Waals surface area contributed by atoms with Crippen LogP contribution in [0.1, 0.15) is 20.3 Å². The number of ether oxygens (including phenoxy) is 1. The number of ketones is 2. The fourth-order valence-electron chi connectivity index (χ4n) is 1.01. The summed E-state index contributed by atoms with van der Waals surface area (Å²) in [7, 11) is 0. The summed E-state index contributed by atoms with van der Waals surface area (Å²) in [5.74, 6) is -6.34. The number of hydrogen-bond donors (Lipinski definition) is 0. The summed E-state index contributed by atoms with van der Waals surface area (Å²) in [6, 6.07) is 0. The first-order valence-electron chi connectivity index (χ1n) is 4.47. The highest BCUT2D eigenvalue weighted by Crippen LogP contribution is 2.24. The molecular formula is C9H11F3O4. The van der Waals surface area contributed by atoms with Crippen LogP contribution in [0.4, 0.5) is 13.2 Å². The van der Waals surface area contributed by atoms with Gasteiger partial charge in [0.1, 0.15) is 11.7 Å². The lowest BCUT2D eigenvalue weighted by Gasteiger charge is -2.14. The third kappa shape index (κ3) is 4.41. The van der Waals surface area contributed by atoms with Crippen molar-refractivity contribution in [2.75, 3.05) is 6.61 Å². The van der Waals surface area contributed by atoms with Crippen LogP contribution in [-0.2, 0) is 19.1 Å². The largest absolute Gasteiger partial charge is 0.465 e. The Labute approximate surface area is 89.8 Å². The Hall–Kier alpha value is -1.40. The van der Waals surface area contributed by atoms with Crippen LogP contribution in [0.25, 0.3) is 0 Å². The number of carbonyl (C=O) groups is 3. The minimum Gasteiger partial charge on any atom is -0.465 e. The van der Waals surface area contributed by atoms with E-state index < -0.39 is 36.1 Å². The fraction of sp³-hybridized carbons (Fsp3) is 0.667. The summed E-state index contributed by atoms with van der Waals surface area (Å²) in [6.45, 7) is 2.23. The lowest BCUT2D eigenvalue weighted by Crippen LogP contribution is -2.37. The Bertz CT molecular complexity index is 296. The van der Waals surface area contributed by atoms with E-state index in [0.29, 0.717) is 0 Å². The molecule has 0 bridgehead atoms. The van der Waals surface area contributed by atoms with Crippen molar-refractivity contribution in [2.45, 2.75) is 26.4 Å². The number of carbonyl (C=O) groups excluding carboxylic acids is 3. The molecule has 0 aromatic rings. The van der Waals surface area contributed by atoms with E-state index in [2.05, 4.69) is 4.74 Å². The third-order valence-corrected chi connectivity index (χ3v) is 1.66. The van der Waals surface area contributed by atoms with Crippen molar-refractivity contribution in [2.24, 2.45) is 5.92 Å². The van der Waals surface area contributed by atoms with Crippen LogP contribution < -0.4 is 0 Å². The Morgan fingerprint density at radius 2 is 1.75 bits per heavy atom. The molecule has 0 aromatic carbocycles. The number of hydrogen-bond acceptors (Lipinski definition) is 4. The average Bonchev–Trinajstić information content (AvgIpc) is 2.11. The van der Waals surface area contributed by atoms with Crippen LogP contribution in [0.15, 0.2) is 0 Å². The molecule has 0 aliphatic heterocycles. The normalized spacial score (nSPS) is 13.1. The highest BCUT2D eigenvalue weighted by molar-refractivity contribution is 6.04. The summed E-state index contributed by atoms with van der Waals surface area (Å²) < 4.78 is 40.6. The van der Waals surface area contributed by atoms with E-state index in [-0.39, 0.29) is 6.61 Å². The maximum absolute atomic E-state index is 12.1. The second-order valence-corrected chi connectivity index (χ2v) is 3.07. The molecule has 0 aliphatic rings. The van der Waals surface area contributed by atoms with E-state index in [9.17, 15) is 27.6 Å². The summed E-state index contributed by atoms with van der Waals surface area (Å²) >= 11 is 0. The van der Waals surface area contributed by atoms with Crippen molar-refractivity contribution in [1.29, 1.82) is 0 Å². The van der Waals surface area contributed by atoms with Crippen LogP contribution >= 0.6 is 0 Å². The molecule has 0 saturated heterocycles. The van der Waals surface area contributed by atoms with Crippen LogP contribution in [0.2, 0.25) is 0 Å². The highest BCUT2D eigenvalue weighted by Gasteiger charge is 2.47. The number of Topliss-reactive ketones (excluding diaryl/α,β-unsaturated/α-hetero) is 2. The second-order valence-electron chi connectivity index (χ2n) is 3.07. The van der Waals surface area contributed by atoms with Gasteiger partial charge in [0.25, 0.3) is 5.78 Å². The third-order valence-electron chi connectivity index (χ3n) is 1.66. The molecule has 1 unspecified atom stereocenters. The van der Waals surface area contributed by atoms with Gasteiger partial charge in [0.15, 0.2) is 0 Å². The van der Waals surface area contributed by atoms with Gasteiger partial charge in [0.2, 0.25) is 0 Å². The molecule has 1 atom stereocenters. The molecule has 0 rings (SSSR count). The van der Waals surface area contributed by atoms with Gasteiger partial charge in [-0.2, -0.15) is 13.2 Å². The Morgan fingerprint density at radius 1 is 1.25 bits per heavy atom. The molecule has 0 amide bonds. The monoisotopic (exact) mass is 240 g/mol. The predicted molar refractivity (Wildman–Crippen MR) is 46.5 cm³/mol. The minimum atomic E-state index is -5.15. The molecule has 7 heteroatoms. The summed E-state index contributed by atoms with van der Waals surface area (Å²) in [6.07, 6.45) is -5.94. The number of esters is 1. The quantitative estimate of drug-likeness (QED) is 0.536. The van der Waals surface area contributed by atoms with Gasteiger partial charge in [-0.3, -0.25) is 14.4 Å². The standard InChI is InChI=1S/C9H11F3O4/c1-3-16-8(15)6(4-5(2)13)7(14)9(10,11)12/h6H,3-4H2,1-2H3. The van der Waals surface area contributed by atoms with Crippen molar-refractivity contribution in [3.05, 3.63) is 0 Å². The van der Waals surface area contributed by atoms with Crippen LogP contribution in [-0.4, -0.2) is 30.3 Å². The van der Waals surface area contributed by atoms with Gasteiger partial charge in [-0.1, -0.05) is 0 Å². The molecule has 0 radical (unpaired) electrons. The van der Waals surface area contributed by atoms with Crippen LogP contribution in [0.5, 0.6) is 0 Å². The van der Waals surface area contributed by atoms with Gasteiger partial charge in [-0.05, 0) is 13.8 Å². The van der Waals surface area contributed by atoms with Gasteiger partial charge < -0.3 is 4.74 Å². The van der Waals surface area contributed by atoms with Crippen molar-refractivity contribution >= 4 is 17.5 Å². The van der Waals surface area contributed by atoms with Gasteiger partial charge in [-0.25, -0.2) is 0 Å². The zero-order valence-electron chi connectivity index (χ0n) is 8.76. The lowest BCUT2D eigenvalue weighted by atomic mass is 9.98. The number of halogens is 3. The van der Waals surface area contributed by atoms with Crippen molar-refractivity contribution < 1.29 is 32.3 Å². The Kier molecular flexibility index (Phi) is 5.13. The highest BCUT2D eigenvalue weighted by atomic mass is 19.4. The molecule has 0 heterocycles. The SMILES string of the molecule is CCOC(=O)C(CC(C)=O)C(=O)C(F)(F)F. The van der Waals surface area contributed by atoms with Crippen molar-refractivity contribution in [1.82, 2.24) is 0 Å².